The van der Waals surface area contributed by atoms with Gasteiger partial charge in [0.15, 0.2) is 5.96 Å². The number of amides is 1. The van der Waals surface area contributed by atoms with Gasteiger partial charge < -0.3 is 20.4 Å². The molecule has 1 fully saturated rings. The van der Waals surface area contributed by atoms with Crippen molar-refractivity contribution < 1.29 is 4.79 Å². The Morgan fingerprint density at radius 2 is 2.04 bits per heavy atom. The molecule has 1 saturated heterocycles. The van der Waals surface area contributed by atoms with E-state index in [4.69, 9.17) is 0 Å². The second-order valence-electron chi connectivity index (χ2n) is 7.77. The minimum Gasteiger partial charge on any atom is -0.356 e. The molecule has 0 bridgehead atoms. The van der Waals surface area contributed by atoms with E-state index < -0.39 is 0 Å². The fourth-order valence-electron chi connectivity index (χ4n) is 2.89. The second-order valence-corrected chi connectivity index (χ2v) is 7.77. The normalized spacial score (nSPS) is 15.8. The molecule has 150 valence electrons. The number of hydrogen-bond donors (Lipinski definition) is 2. The van der Waals surface area contributed by atoms with Crippen molar-refractivity contribution in [2.24, 2.45) is 10.9 Å². The van der Waals surface area contributed by atoms with Crippen LogP contribution in [0.4, 0.5) is 5.82 Å². The molecule has 0 saturated carbocycles. The number of nitrogens with one attached hydrogen (secondary N) is 2. The Hall–Kier alpha value is -2.31. The molecule has 1 amide bonds. The predicted molar refractivity (Wildman–Crippen MR) is 111 cm³/mol. The van der Waals surface area contributed by atoms with Gasteiger partial charge in [0.2, 0.25) is 5.91 Å². The Kier molecular flexibility index (Phi) is 7.88. The molecule has 2 heterocycles. The average molecular weight is 375 g/mol. The van der Waals surface area contributed by atoms with Crippen LogP contribution in [0.25, 0.3) is 0 Å². The highest BCUT2D eigenvalue weighted by molar-refractivity contribution is 5.84. The lowest BCUT2D eigenvalue weighted by Crippen LogP contribution is -2.49. The van der Waals surface area contributed by atoms with E-state index in [1.807, 2.05) is 13.0 Å². The number of likely N-dealkylation sites (N-methyl/N-ethyl adjacent to an activating group) is 1. The molecule has 1 aromatic heterocycles. The molecule has 1 aliphatic heterocycles. The summed E-state index contributed by atoms with van der Waals surface area (Å²) >= 11 is 0. The summed E-state index contributed by atoms with van der Waals surface area (Å²) in [7, 11) is 3.50. The number of aliphatic imine (C=N–C) groups is 1. The van der Waals surface area contributed by atoms with Gasteiger partial charge in [-0.25, -0.2) is 9.98 Å². The predicted octanol–water partition coefficient (Wildman–Crippen LogP) is 1.64. The van der Waals surface area contributed by atoms with Crippen LogP contribution in [0.2, 0.25) is 0 Å². The Balaban J connectivity index is 1.91. The number of piperidine rings is 1. The van der Waals surface area contributed by atoms with Crippen molar-refractivity contribution in [2.75, 3.05) is 45.2 Å². The number of hydrogen-bond acceptors (Lipinski definition) is 4. The molecule has 2 rings (SSSR count). The molecule has 1 aromatic rings. The van der Waals surface area contributed by atoms with Crippen molar-refractivity contribution in [1.29, 1.82) is 0 Å². The minimum atomic E-state index is 0.000915. The third kappa shape index (κ3) is 7.07. The molecule has 7 nitrogen and oxygen atoms in total. The Labute approximate surface area is 163 Å². The molecule has 0 spiro atoms. The van der Waals surface area contributed by atoms with E-state index in [2.05, 4.69) is 51.5 Å². The first-order valence-corrected chi connectivity index (χ1v) is 9.78. The topological polar surface area (TPSA) is 72.9 Å². The number of carbonyl (C=O) groups excluding carboxylic acids is 1. The fourth-order valence-corrected chi connectivity index (χ4v) is 2.89. The Morgan fingerprint density at radius 3 is 2.63 bits per heavy atom. The standard InChI is InChI=1S/C20H34N6O/c1-15(2)13-21-20(22-14-19(27)25(4)5)24-17-9-11-26(12-10-17)18-8-6-7-16(3)23-18/h6-8,15,17H,9-14H2,1-5H3,(H2,21,22,24). The Bertz CT molecular complexity index is 635. The van der Waals surface area contributed by atoms with E-state index in [1.165, 1.54) is 0 Å². The lowest BCUT2D eigenvalue weighted by Gasteiger charge is -2.34. The molecule has 7 heteroatoms. The van der Waals surface area contributed by atoms with Crippen LogP contribution in [0.3, 0.4) is 0 Å². The number of rotatable bonds is 6. The fraction of sp³-hybridized carbons (Fsp3) is 0.650. The summed E-state index contributed by atoms with van der Waals surface area (Å²) in [5, 5.41) is 6.86. The summed E-state index contributed by atoms with van der Waals surface area (Å²) in [5.41, 5.74) is 1.05. The molecule has 1 aliphatic rings. The van der Waals surface area contributed by atoms with Gasteiger partial charge >= 0.3 is 0 Å². The van der Waals surface area contributed by atoms with Crippen molar-refractivity contribution >= 4 is 17.7 Å². The van der Waals surface area contributed by atoms with Gasteiger partial charge in [-0.05, 0) is 37.8 Å². The highest BCUT2D eigenvalue weighted by Crippen LogP contribution is 2.18. The van der Waals surface area contributed by atoms with E-state index in [9.17, 15) is 4.79 Å². The van der Waals surface area contributed by atoms with Crippen LogP contribution in [0, 0.1) is 12.8 Å². The molecule has 0 radical (unpaired) electrons. The van der Waals surface area contributed by atoms with E-state index in [-0.39, 0.29) is 12.5 Å². The molecule has 2 N–H and O–H groups in total. The summed E-state index contributed by atoms with van der Waals surface area (Å²) < 4.78 is 0. The van der Waals surface area contributed by atoms with Gasteiger partial charge in [-0.3, -0.25) is 4.79 Å². The van der Waals surface area contributed by atoms with Gasteiger partial charge in [-0.1, -0.05) is 19.9 Å². The van der Waals surface area contributed by atoms with Crippen LogP contribution in [-0.4, -0.2) is 68.1 Å². The molecule has 0 aromatic carbocycles. The van der Waals surface area contributed by atoms with Crippen LogP contribution in [0.15, 0.2) is 23.2 Å². The monoisotopic (exact) mass is 374 g/mol. The molecular weight excluding hydrogens is 340 g/mol. The van der Waals surface area contributed by atoms with Crippen LogP contribution < -0.4 is 15.5 Å². The van der Waals surface area contributed by atoms with E-state index in [0.717, 1.165) is 49.9 Å². The number of nitrogens with zero attached hydrogens (tertiary/aromatic N) is 4. The van der Waals surface area contributed by atoms with Crippen LogP contribution in [-0.2, 0) is 4.79 Å². The zero-order valence-electron chi connectivity index (χ0n) is 17.3. The van der Waals surface area contributed by atoms with Crippen LogP contribution in [0.5, 0.6) is 0 Å². The second kappa shape index (κ2) is 10.1. The first kappa shape index (κ1) is 21.0. The number of pyridine rings is 1. The number of aromatic nitrogens is 1. The van der Waals surface area contributed by atoms with E-state index in [1.54, 1.807) is 19.0 Å². The van der Waals surface area contributed by atoms with Gasteiger partial charge in [0, 0.05) is 45.5 Å². The molecule has 0 unspecified atom stereocenters. The summed E-state index contributed by atoms with van der Waals surface area (Å²) in [6, 6.07) is 6.50. The summed E-state index contributed by atoms with van der Waals surface area (Å²) in [4.78, 5) is 24.9. The van der Waals surface area contributed by atoms with E-state index in [0.29, 0.717) is 12.0 Å². The number of anilines is 1. The zero-order valence-corrected chi connectivity index (χ0v) is 17.3. The third-order valence-corrected chi connectivity index (χ3v) is 4.58. The molecule has 27 heavy (non-hydrogen) atoms. The SMILES string of the molecule is Cc1cccc(N2CCC(NC(=NCC(=O)N(C)C)NCC(C)C)CC2)n1. The van der Waals surface area contributed by atoms with Crippen LogP contribution in [0.1, 0.15) is 32.4 Å². The minimum absolute atomic E-state index is 0.000915. The zero-order chi connectivity index (χ0) is 19.8. The van der Waals surface area contributed by atoms with E-state index >= 15 is 0 Å². The van der Waals surface area contributed by atoms with Gasteiger partial charge in [0.05, 0.1) is 0 Å². The number of carbonyl (C=O) groups is 1. The first-order valence-electron chi connectivity index (χ1n) is 9.78. The Morgan fingerprint density at radius 1 is 1.33 bits per heavy atom. The third-order valence-electron chi connectivity index (χ3n) is 4.58. The number of aryl methyl sites for hydroxylation is 1. The number of guanidine groups is 1. The van der Waals surface area contributed by atoms with Gasteiger partial charge in [0.1, 0.15) is 12.4 Å². The average Bonchev–Trinajstić information content (AvgIpc) is 2.64. The largest absolute Gasteiger partial charge is 0.356 e. The van der Waals surface area contributed by atoms with Gasteiger partial charge in [0.25, 0.3) is 0 Å². The maximum absolute atomic E-state index is 11.9. The summed E-state index contributed by atoms with van der Waals surface area (Å²) in [6.07, 6.45) is 2.03. The maximum Gasteiger partial charge on any atom is 0.243 e. The lowest BCUT2D eigenvalue weighted by molar-refractivity contribution is -0.127. The summed E-state index contributed by atoms with van der Waals surface area (Å²) in [5.74, 6) is 2.29. The smallest absolute Gasteiger partial charge is 0.243 e. The van der Waals surface area contributed by atoms with Crippen molar-refractivity contribution in [1.82, 2.24) is 20.5 Å². The highest BCUT2D eigenvalue weighted by atomic mass is 16.2. The van der Waals surface area contributed by atoms with Crippen molar-refractivity contribution in [3.8, 4) is 0 Å². The quantitative estimate of drug-likeness (QED) is 0.585. The van der Waals surface area contributed by atoms with Crippen molar-refractivity contribution in [3.05, 3.63) is 23.9 Å². The highest BCUT2D eigenvalue weighted by Gasteiger charge is 2.21. The van der Waals surface area contributed by atoms with Crippen molar-refractivity contribution in [2.45, 2.75) is 39.7 Å². The van der Waals surface area contributed by atoms with Crippen molar-refractivity contribution in [3.63, 3.8) is 0 Å². The van der Waals surface area contributed by atoms with Gasteiger partial charge in [-0.15, -0.1) is 0 Å². The molecule has 0 aliphatic carbocycles. The maximum atomic E-state index is 11.9. The summed E-state index contributed by atoms with van der Waals surface area (Å²) in [6.45, 7) is 9.24. The first-order chi connectivity index (χ1) is 12.8. The molecular formula is C20H34N6O. The van der Waals surface area contributed by atoms with Gasteiger partial charge in [-0.2, -0.15) is 0 Å². The van der Waals surface area contributed by atoms with Crippen LogP contribution >= 0.6 is 0 Å². The lowest BCUT2D eigenvalue weighted by atomic mass is 10.1. The molecule has 0 atom stereocenters.